The highest BCUT2D eigenvalue weighted by molar-refractivity contribution is 7.88. The van der Waals surface area contributed by atoms with Gasteiger partial charge in [-0.2, -0.15) is 4.31 Å². The van der Waals surface area contributed by atoms with E-state index in [2.05, 4.69) is 0 Å². The van der Waals surface area contributed by atoms with Crippen molar-refractivity contribution in [3.8, 4) is 0 Å². The molecule has 0 bridgehead atoms. The van der Waals surface area contributed by atoms with Crippen LogP contribution in [0.2, 0.25) is 0 Å². The van der Waals surface area contributed by atoms with E-state index in [9.17, 15) is 13.5 Å². The fourth-order valence-corrected chi connectivity index (χ4v) is 3.03. The van der Waals surface area contributed by atoms with E-state index in [1.54, 1.807) is 0 Å². The van der Waals surface area contributed by atoms with Gasteiger partial charge in [0.15, 0.2) is 0 Å². The summed E-state index contributed by atoms with van der Waals surface area (Å²) in [6, 6.07) is 9.68. The maximum absolute atomic E-state index is 11.7. The molecule has 1 aliphatic carbocycles. The van der Waals surface area contributed by atoms with E-state index in [1.807, 2.05) is 30.3 Å². The zero-order chi connectivity index (χ0) is 15.3. The molecular weight excluding hydrogens is 290 g/mol. The lowest BCUT2D eigenvalue weighted by atomic mass is 10.2. The topological polar surface area (TPSA) is 66.8 Å². The van der Waals surface area contributed by atoms with Gasteiger partial charge in [-0.05, 0) is 24.3 Å². The molecular formula is C15H23NO4S. The average molecular weight is 313 g/mol. The zero-order valence-corrected chi connectivity index (χ0v) is 13.1. The van der Waals surface area contributed by atoms with Crippen molar-refractivity contribution in [2.24, 2.45) is 5.92 Å². The largest absolute Gasteiger partial charge is 0.389 e. The molecule has 118 valence electrons. The Morgan fingerprint density at radius 3 is 2.57 bits per heavy atom. The Bertz CT molecular complexity index is 528. The molecule has 0 amide bonds. The Hall–Kier alpha value is -0.950. The van der Waals surface area contributed by atoms with Crippen molar-refractivity contribution in [3.05, 3.63) is 35.9 Å². The highest BCUT2D eigenvalue weighted by atomic mass is 32.2. The summed E-state index contributed by atoms with van der Waals surface area (Å²) in [7, 11) is -3.27. The molecule has 5 nitrogen and oxygen atoms in total. The van der Waals surface area contributed by atoms with Crippen LogP contribution in [-0.2, 0) is 21.4 Å². The first-order valence-electron chi connectivity index (χ1n) is 7.20. The highest BCUT2D eigenvalue weighted by Gasteiger charge is 2.29. The van der Waals surface area contributed by atoms with Crippen LogP contribution < -0.4 is 0 Å². The third kappa shape index (κ3) is 6.13. The predicted octanol–water partition coefficient (Wildman–Crippen LogP) is 1.24. The maximum Gasteiger partial charge on any atom is 0.211 e. The molecule has 0 unspecified atom stereocenters. The predicted molar refractivity (Wildman–Crippen MR) is 81.2 cm³/mol. The van der Waals surface area contributed by atoms with Crippen molar-refractivity contribution < 1.29 is 18.3 Å². The van der Waals surface area contributed by atoms with Crippen molar-refractivity contribution in [1.29, 1.82) is 0 Å². The molecule has 1 saturated carbocycles. The minimum atomic E-state index is -3.27. The molecule has 1 fully saturated rings. The third-order valence-corrected chi connectivity index (χ3v) is 4.70. The first-order valence-corrected chi connectivity index (χ1v) is 9.05. The first-order chi connectivity index (χ1) is 9.95. The molecule has 0 aromatic heterocycles. The van der Waals surface area contributed by atoms with E-state index in [1.165, 1.54) is 10.6 Å². The summed E-state index contributed by atoms with van der Waals surface area (Å²) in [5.74, 6) is 0.456. The molecule has 21 heavy (non-hydrogen) atoms. The van der Waals surface area contributed by atoms with Crippen molar-refractivity contribution in [2.75, 3.05) is 26.0 Å². The van der Waals surface area contributed by atoms with Gasteiger partial charge in [-0.25, -0.2) is 8.42 Å². The lowest BCUT2D eigenvalue weighted by molar-refractivity contribution is 0.0200. The van der Waals surface area contributed by atoms with Gasteiger partial charge in [-0.1, -0.05) is 30.3 Å². The minimum Gasteiger partial charge on any atom is -0.389 e. The van der Waals surface area contributed by atoms with E-state index >= 15 is 0 Å². The maximum atomic E-state index is 11.7. The summed E-state index contributed by atoms with van der Waals surface area (Å²) in [6.07, 6.45) is 2.54. The number of benzene rings is 1. The van der Waals surface area contributed by atoms with Crippen molar-refractivity contribution in [3.63, 3.8) is 0 Å². The molecule has 6 heteroatoms. The second kappa shape index (κ2) is 7.35. The standard InChI is InChI=1S/C15H23NO4S/c1-21(18,19)16(9-13-7-8-13)10-15(17)12-20-11-14-5-3-2-4-6-14/h2-6,13,15,17H,7-12H2,1H3/t15-/m1/s1. The Balaban J connectivity index is 1.75. The Morgan fingerprint density at radius 1 is 1.33 bits per heavy atom. The lowest BCUT2D eigenvalue weighted by Crippen LogP contribution is -2.39. The summed E-state index contributed by atoms with van der Waals surface area (Å²) in [6.45, 7) is 1.16. The fraction of sp³-hybridized carbons (Fsp3) is 0.600. The number of rotatable bonds is 9. The summed E-state index contributed by atoms with van der Waals surface area (Å²) < 4.78 is 30.2. The fourth-order valence-electron chi connectivity index (χ4n) is 2.11. The Kier molecular flexibility index (Phi) is 5.75. The molecule has 1 aromatic carbocycles. The molecule has 0 radical (unpaired) electrons. The number of hydrogen-bond donors (Lipinski definition) is 1. The molecule has 1 aromatic rings. The molecule has 1 N–H and O–H groups in total. The van der Waals surface area contributed by atoms with Crippen LogP contribution in [0, 0.1) is 5.92 Å². The van der Waals surface area contributed by atoms with Gasteiger partial charge in [0.1, 0.15) is 0 Å². The van der Waals surface area contributed by atoms with Crippen LogP contribution in [0.15, 0.2) is 30.3 Å². The number of sulfonamides is 1. The lowest BCUT2D eigenvalue weighted by Gasteiger charge is -2.22. The van der Waals surface area contributed by atoms with E-state index < -0.39 is 16.1 Å². The van der Waals surface area contributed by atoms with Crippen LogP contribution in [0.3, 0.4) is 0 Å². The number of ether oxygens (including phenoxy) is 1. The quantitative estimate of drug-likeness (QED) is 0.745. The third-order valence-electron chi connectivity index (χ3n) is 3.46. The van der Waals surface area contributed by atoms with Crippen LogP contribution in [0.4, 0.5) is 0 Å². The summed E-state index contributed by atoms with van der Waals surface area (Å²) in [5.41, 5.74) is 1.03. The van der Waals surface area contributed by atoms with Crippen LogP contribution in [-0.4, -0.2) is 49.9 Å². The Morgan fingerprint density at radius 2 is 2.00 bits per heavy atom. The van der Waals surface area contributed by atoms with Gasteiger partial charge < -0.3 is 9.84 Å². The van der Waals surface area contributed by atoms with Crippen molar-refractivity contribution in [2.45, 2.75) is 25.6 Å². The van der Waals surface area contributed by atoms with Gasteiger partial charge in [-0.15, -0.1) is 0 Å². The Labute approximate surface area is 126 Å². The van der Waals surface area contributed by atoms with Crippen LogP contribution >= 0.6 is 0 Å². The first kappa shape index (κ1) is 16.4. The minimum absolute atomic E-state index is 0.101. The van der Waals surface area contributed by atoms with Crippen molar-refractivity contribution >= 4 is 10.0 Å². The van der Waals surface area contributed by atoms with E-state index in [-0.39, 0.29) is 13.2 Å². The smallest absolute Gasteiger partial charge is 0.211 e. The summed E-state index contributed by atoms with van der Waals surface area (Å²) in [5, 5.41) is 9.96. The van der Waals surface area contributed by atoms with Gasteiger partial charge >= 0.3 is 0 Å². The molecule has 1 aliphatic rings. The molecule has 0 saturated heterocycles. The highest BCUT2D eigenvalue weighted by Crippen LogP contribution is 2.30. The normalized spacial score (nSPS) is 17.1. The monoisotopic (exact) mass is 313 g/mol. The van der Waals surface area contributed by atoms with E-state index in [4.69, 9.17) is 4.74 Å². The second-order valence-electron chi connectivity index (χ2n) is 5.68. The van der Waals surface area contributed by atoms with E-state index in [0.717, 1.165) is 18.4 Å². The zero-order valence-electron chi connectivity index (χ0n) is 12.3. The molecule has 2 rings (SSSR count). The SMILES string of the molecule is CS(=O)(=O)N(CC1CC1)C[C@@H](O)COCc1ccccc1. The van der Waals surface area contributed by atoms with Gasteiger partial charge in [0.25, 0.3) is 0 Å². The molecule has 1 atom stereocenters. The second-order valence-corrected chi connectivity index (χ2v) is 7.66. The van der Waals surface area contributed by atoms with Crippen LogP contribution in [0.5, 0.6) is 0 Å². The summed E-state index contributed by atoms with van der Waals surface area (Å²) in [4.78, 5) is 0. The van der Waals surface area contributed by atoms with Gasteiger partial charge in [0, 0.05) is 13.1 Å². The molecule has 0 spiro atoms. The van der Waals surface area contributed by atoms with Crippen LogP contribution in [0.25, 0.3) is 0 Å². The molecule has 0 heterocycles. The summed E-state index contributed by atoms with van der Waals surface area (Å²) >= 11 is 0. The number of aliphatic hydroxyl groups is 1. The average Bonchev–Trinajstić information content (AvgIpc) is 3.22. The van der Waals surface area contributed by atoms with Crippen molar-refractivity contribution in [1.82, 2.24) is 4.31 Å². The van der Waals surface area contributed by atoms with Gasteiger partial charge in [-0.3, -0.25) is 0 Å². The number of nitrogens with zero attached hydrogens (tertiary/aromatic N) is 1. The van der Waals surface area contributed by atoms with E-state index in [0.29, 0.717) is 19.1 Å². The molecule has 0 aliphatic heterocycles. The van der Waals surface area contributed by atoms with Crippen LogP contribution in [0.1, 0.15) is 18.4 Å². The van der Waals surface area contributed by atoms with Gasteiger partial charge in [0.2, 0.25) is 10.0 Å². The number of aliphatic hydroxyl groups excluding tert-OH is 1. The van der Waals surface area contributed by atoms with Gasteiger partial charge in [0.05, 0.1) is 25.6 Å². The number of hydrogen-bond acceptors (Lipinski definition) is 4.